The third kappa shape index (κ3) is 4.05. The number of aryl methyl sites for hydroxylation is 2. The number of esters is 1. The standard InChI is InChI=1S/C24H29N3O5/c1-13-7-9-16(10-8-13)20-18(22(29)23(30)27(20)12-11-26(4)5)21(28)17-14(2)19(24(31)32-6)25-15(17)3/h7-10,20,25,28H,11-12H2,1-6H3/b21-18-. The van der Waals surface area contributed by atoms with Crippen LogP contribution in [0.1, 0.15) is 44.5 Å². The average molecular weight is 440 g/mol. The van der Waals surface area contributed by atoms with Gasteiger partial charge in [-0.1, -0.05) is 29.8 Å². The minimum Gasteiger partial charge on any atom is -0.507 e. The highest BCUT2D eigenvalue weighted by Crippen LogP contribution is 2.40. The minimum absolute atomic E-state index is 0.0132. The molecule has 0 spiro atoms. The lowest BCUT2D eigenvalue weighted by Gasteiger charge is -2.26. The summed E-state index contributed by atoms with van der Waals surface area (Å²) in [5.41, 5.74) is 3.26. The molecule has 1 aliphatic rings. The van der Waals surface area contributed by atoms with E-state index in [4.69, 9.17) is 4.74 Å². The Morgan fingerprint density at radius 2 is 1.78 bits per heavy atom. The fourth-order valence-corrected chi connectivity index (χ4v) is 4.06. The smallest absolute Gasteiger partial charge is 0.354 e. The summed E-state index contributed by atoms with van der Waals surface area (Å²) in [6.45, 7) is 6.19. The van der Waals surface area contributed by atoms with Gasteiger partial charge in [-0.2, -0.15) is 0 Å². The van der Waals surface area contributed by atoms with Crippen LogP contribution in [0.4, 0.5) is 0 Å². The quantitative estimate of drug-likeness (QED) is 0.311. The fourth-order valence-electron chi connectivity index (χ4n) is 4.06. The molecule has 1 unspecified atom stereocenters. The molecule has 1 saturated heterocycles. The number of aromatic nitrogens is 1. The zero-order valence-electron chi connectivity index (χ0n) is 19.3. The van der Waals surface area contributed by atoms with Crippen molar-refractivity contribution in [3.8, 4) is 0 Å². The van der Waals surface area contributed by atoms with E-state index >= 15 is 0 Å². The molecule has 1 atom stereocenters. The van der Waals surface area contributed by atoms with Gasteiger partial charge in [0, 0.05) is 24.3 Å². The number of nitrogens with one attached hydrogen (secondary N) is 1. The van der Waals surface area contributed by atoms with Crippen molar-refractivity contribution in [2.24, 2.45) is 0 Å². The van der Waals surface area contributed by atoms with Crippen molar-refractivity contribution in [3.05, 3.63) is 63.5 Å². The van der Waals surface area contributed by atoms with Crippen LogP contribution in [0.2, 0.25) is 0 Å². The van der Waals surface area contributed by atoms with Crippen LogP contribution in [-0.2, 0) is 14.3 Å². The number of likely N-dealkylation sites (tertiary alicyclic amines) is 1. The molecular formula is C24H29N3O5. The Bertz CT molecular complexity index is 1100. The van der Waals surface area contributed by atoms with Crippen LogP contribution in [0.25, 0.3) is 5.76 Å². The third-order valence-electron chi connectivity index (χ3n) is 5.78. The molecule has 2 heterocycles. The van der Waals surface area contributed by atoms with Crippen LogP contribution in [0.3, 0.4) is 0 Å². The number of rotatable bonds is 6. The van der Waals surface area contributed by atoms with Crippen LogP contribution < -0.4 is 0 Å². The zero-order valence-corrected chi connectivity index (χ0v) is 19.3. The number of nitrogens with zero attached hydrogens (tertiary/aromatic N) is 2. The summed E-state index contributed by atoms with van der Waals surface area (Å²) < 4.78 is 4.80. The molecule has 1 aliphatic heterocycles. The number of aromatic amines is 1. The van der Waals surface area contributed by atoms with Crippen molar-refractivity contribution in [1.82, 2.24) is 14.8 Å². The second-order valence-electron chi connectivity index (χ2n) is 8.32. The highest BCUT2D eigenvalue weighted by atomic mass is 16.5. The van der Waals surface area contributed by atoms with Gasteiger partial charge in [0.05, 0.1) is 18.7 Å². The lowest BCUT2D eigenvalue weighted by Crippen LogP contribution is -2.35. The monoisotopic (exact) mass is 439 g/mol. The van der Waals surface area contributed by atoms with Gasteiger partial charge in [-0.05, 0) is 46.0 Å². The second-order valence-corrected chi connectivity index (χ2v) is 8.32. The molecule has 8 nitrogen and oxygen atoms in total. The van der Waals surface area contributed by atoms with Crippen molar-refractivity contribution >= 4 is 23.4 Å². The van der Waals surface area contributed by atoms with E-state index in [0.29, 0.717) is 29.9 Å². The van der Waals surface area contributed by atoms with Gasteiger partial charge in [0.2, 0.25) is 0 Å². The molecule has 3 rings (SSSR count). The minimum atomic E-state index is -0.744. The number of methoxy groups -OCH3 is 1. The molecule has 32 heavy (non-hydrogen) atoms. The van der Waals surface area contributed by atoms with Gasteiger partial charge in [0.15, 0.2) is 0 Å². The van der Waals surface area contributed by atoms with E-state index in [1.165, 1.54) is 12.0 Å². The number of ether oxygens (including phenoxy) is 1. The number of H-pyrrole nitrogens is 1. The molecule has 2 N–H and O–H groups in total. The Morgan fingerprint density at radius 1 is 1.16 bits per heavy atom. The molecule has 1 fully saturated rings. The van der Waals surface area contributed by atoms with E-state index in [-0.39, 0.29) is 17.0 Å². The Kier molecular flexibility index (Phi) is 6.55. The number of amides is 1. The number of aliphatic hydroxyl groups is 1. The molecule has 0 aliphatic carbocycles. The van der Waals surface area contributed by atoms with Gasteiger partial charge in [0.1, 0.15) is 11.5 Å². The molecule has 0 bridgehead atoms. The lowest BCUT2D eigenvalue weighted by molar-refractivity contribution is -0.140. The molecule has 170 valence electrons. The summed E-state index contributed by atoms with van der Waals surface area (Å²) in [5, 5.41) is 11.3. The SMILES string of the molecule is COC(=O)c1[nH]c(C)c(/C(O)=C2/C(=O)C(=O)N(CCN(C)C)C2c2ccc(C)cc2)c1C. The molecular weight excluding hydrogens is 410 g/mol. The first-order valence-corrected chi connectivity index (χ1v) is 10.4. The normalized spacial score (nSPS) is 18.0. The maximum absolute atomic E-state index is 13.1. The van der Waals surface area contributed by atoms with Crippen molar-refractivity contribution in [1.29, 1.82) is 0 Å². The number of benzene rings is 1. The van der Waals surface area contributed by atoms with Crippen LogP contribution in [0.5, 0.6) is 0 Å². The van der Waals surface area contributed by atoms with Crippen molar-refractivity contribution in [3.63, 3.8) is 0 Å². The van der Waals surface area contributed by atoms with E-state index < -0.39 is 23.7 Å². The van der Waals surface area contributed by atoms with E-state index in [9.17, 15) is 19.5 Å². The van der Waals surface area contributed by atoms with E-state index in [2.05, 4.69) is 4.98 Å². The number of hydrogen-bond acceptors (Lipinski definition) is 6. The van der Waals surface area contributed by atoms with Gasteiger partial charge in [0.25, 0.3) is 11.7 Å². The number of likely N-dealkylation sites (N-methyl/N-ethyl adjacent to an activating group) is 1. The maximum Gasteiger partial charge on any atom is 0.354 e. The second kappa shape index (κ2) is 9.00. The summed E-state index contributed by atoms with van der Waals surface area (Å²) in [6.07, 6.45) is 0. The van der Waals surface area contributed by atoms with Crippen LogP contribution in [0.15, 0.2) is 29.8 Å². The Morgan fingerprint density at radius 3 is 2.34 bits per heavy atom. The topological polar surface area (TPSA) is 103 Å². The first kappa shape index (κ1) is 23.3. The first-order valence-electron chi connectivity index (χ1n) is 10.4. The van der Waals surface area contributed by atoms with Gasteiger partial charge >= 0.3 is 5.97 Å². The zero-order chi connectivity index (χ0) is 23.7. The highest BCUT2D eigenvalue weighted by Gasteiger charge is 2.46. The number of carbonyl (C=O) groups is 3. The molecule has 1 amide bonds. The number of hydrogen-bond donors (Lipinski definition) is 2. The summed E-state index contributed by atoms with van der Waals surface area (Å²) in [5.74, 6) is -2.28. The Balaban J connectivity index is 2.21. The molecule has 1 aromatic carbocycles. The Hall–Kier alpha value is -3.39. The van der Waals surface area contributed by atoms with Crippen molar-refractivity contribution < 1.29 is 24.2 Å². The van der Waals surface area contributed by atoms with Gasteiger partial charge in [-0.25, -0.2) is 4.79 Å². The van der Waals surface area contributed by atoms with E-state index in [0.717, 1.165) is 11.1 Å². The van der Waals surface area contributed by atoms with Gasteiger partial charge in [-0.3, -0.25) is 9.59 Å². The number of ketones is 1. The van der Waals surface area contributed by atoms with Crippen LogP contribution >= 0.6 is 0 Å². The number of aliphatic hydroxyl groups excluding tert-OH is 1. The number of Topliss-reactive ketones (excluding diaryl/α,β-unsaturated/α-hetero) is 1. The Labute approximate surface area is 187 Å². The highest BCUT2D eigenvalue weighted by molar-refractivity contribution is 6.46. The lowest BCUT2D eigenvalue weighted by atomic mass is 9.93. The van der Waals surface area contributed by atoms with Crippen LogP contribution in [-0.4, -0.2) is 71.8 Å². The summed E-state index contributed by atoms with van der Waals surface area (Å²) in [4.78, 5) is 44.5. The average Bonchev–Trinajstić information content (AvgIpc) is 3.18. The van der Waals surface area contributed by atoms with E-state index in [1.807, 2.05) is 50.2 Å². The maximum atomic E-state index is 13.1. The molecule has 0 radical (unpaired) electrons. The predicted octanol–water partition coefficient (Wildman–Crippen LogP) is 2.71. The largest absolute Gasteiger partial charge is 0.507 e. The fraction of sp³-hybridized carbons (Fsp3) is 0.375. The molecule has 2 aromatic rings. The van der Waals surface area contributed by atoms with Crippen LogP contribution in [0, 0.1) is 20.8 Å². The van der Waals surface area contributed by atoms with Gasteiger partial charge in [-0.15, -0.1) is 0 Å². The summed E-state index contributed by atoms with van der Waals surface area (Å²) in [7, 11) is 5.04. The summed E-state index contributed by atoms with van der Waals surface area (Å²) >= 11 is 0. The molecule has 8 heteroatoms. The van der Waals surface area contributed by atoms with Gasteiger partial charge < -0.3 is 24.6 Å². The first-order chi connectivity index (χ1) is 15.1. The molecule has 0 saturated carbocycles. The number of carbonyl (C=O) groups excluding carboxylic acids is 3. The van der Waals surface area contributed by atoms with Crippen molar-refractivity contribution in [2.45, 2.75) is 26.8 Å². The van der Waals surface area contributed by atoms with Crippen molar-refractivity contribution in [2.75, 3.05) is 34.3 Å². The predicted molar refractivity (Wildman–Crippen MR) is 120 cm³/mol. The van der Waals surface area contributed by atoms with E-state index in [1.54, 1.807) is 13.8 Å². The third-order valence-corrected chi connectivity index (χ3v) is 5.78. The molecule has 1 aromatic heterocycles. The summed E-state index contributed by atoms with van der Waals surface area (Å²) in [6, 6.07) is 6.80.